The molecule has 1 aliphatic heterocycles. The second-order valence-corrected chi connectivity index (χ2v) is 7.54. The number of carbonyl (C=O) groups is 2. The molecule has 0 N–H and O–H groups in total. The van der Waals surface area contributed by atoms with Gasteiger partial charge in [-0.25, -0.2) is 0 Å². The molecule has 4 rings (SSSR count). The van der Waals surface area contributed by atoms with Gasteiger partial charge in [0.1, 0.15) is 6.54 Å². The minimum Gasteiger partial charge on any atom is -0.339 e. The molecule has 0 aromatic carbocycles. The quantitative estimate of drug-likeness (QED) is 0.800. The largest absolute Gasteiger partial charge is 0.339 e. The van der Waals surface area contributed by atoms with E-state index in [1.807, 2.05) is 4.90 Å². The highest BCUT2D eigenvalue weighted by Gasteiger charge is 2.41. The van der Waals surface area contributed by atoms with Crippen molar-refractivity contribution in [3.8, 4) is 0 Å². The number of likely N-dealkylation sites (tertiary alicyclic amines) is 1. The zero-order chi connectivity index (χ0) is 16.7. The number of nitrogens with zero attached hydrogens (tertiary/aromatic N) is 4. The van der Waals surface area contributed by atoms with Gasteiger partial charge < -0.3 is 9.80 Å². The Hall–Kier alpha value is -1.85. The van der Waals surface area contributed by atoms with Gasteiger partial charge >= 0.3 is 0 Å². The predicted octanol–water partition coefficient (Wildman–Crippen LogP) is 1.91. The molecule has 0 spiro atoms. The molecular formula is C18H26N4O2. The molecule has 24 heavy (non-hydrogen) atoms. The van der Waals surface area contributed by atoms with Crippen molar-refractivity contribution in [1.82, 2.24) is 19.6 Å². The van der Waals surface area contributed by atoms with Gasteiger partial charge in [-0.2, -0.15) is 5.10 Å². The highest BCUT2D eigenvalue weighted by Crippen LogP contribution is 2.39. The molecule has 3 aliphatic rings. The molecule has 6 heteroatoms. The first-order valence-corrected chi connectivity index (χ1v) is 9.26. The third-order valence-corrected chi connectivity index (χ3v) is 5.54. The topological polar surface area (TPSA) is 58.4 Å². The summed E-state index contributed by atoms with van der Waals surface area (Å²) < 4.78 is 1.63. The first kappa shape index (κ1) is 15.7. The van der Waals surface area contributed by atoms with Crippen LogP contribution in [0.2, 0.25) is 0 Å². The summed E-state index contributed by atoms with van der Waals surface area (Å²) in [7, 11) is 0. The molecule has 0 bridgehead atoms. The Labute approximate surface area is 142 Å². The molecular weight excluding hydrogens is 304 g/mol. The zero-order valence-corrected chi connectivity index (χ0v) is 14.4. The van der Waals surface area contributed by atoms with Gasteiger partial charge in [0.05, 0.1) is 11.8 Å². The van der Waals surface area contributed by atoms with Crippen LogP contribution in [0, 0.1) is 5.92 Å². The monoisotopic (exact) mass is 330 g/mol. The molecule has 2 saturated carbocycles. The summed E-state index contributed by atoms with van der Waals surface area (Å²) in [5.41, 5.74) is 0.595. The van der Waals surface area contributed by atoms with Gasteiger partial charge in [-0.1, -0.05) is 0 Å². The average molecular weight is 330 g/mol. The van der Waals surface area contributed by atoms with Crippen molar-refractivity contribution in [2.45, 2.75) is 64.1 Å². The van der Waals surface area contributed by atoms with Crippen LogP contribution in [-0.4, -0.2) is 56.6 Å². The molecule has 1 aromatic heterocycles. The minimum atomic E-state index is 0.0385. The number of hydrogen-bond donors (Lipinski definition) is 0. The summed E-state index contributed by atoms with van der Waals surface area (Å²) in [4.78, 5) is 29.1. The van der Waals surface area contributed by atoms with E-state index < -0.39 is 0 Å². The first-order chi connectivity index (χ1) is 11.6. The molecule has 0 unspecified atom stereocenters. The van der Waals surface area contributed by atoms with Crippen molar-refractivity contribution in [2.75, 3.05) is 13.1 Å². The molecule has 1 aromatic rings. The van der Waals surface area contributed by atoms with Gasteiger partial charge in [0.25, 0.3) is 5.91 Å². The fourth-order valence-corrected chi connectivity index (χ4v) is 3.81. The fourth-order valence-electron chi connectivity index (χ4n) is 3.81. The van der Waals surface area contributed by atoms with Crippen LogP contribution < -0.4 is 0 Å². The van der Waals surface area contributed by atoms with Crippen LogP contribution in [0.15, 0.2) is 12.4 Å². The molecule has 1 atom stereocenters. The van der Waals surface area contributed by atoms with Crippen molar-refractivity contribution in [3.63, 3.8) is 0 Å². The lowest BCUT2D eigenvalue weighted by Crippen LogP contribution is -2.43. The van der Waals surface area contributed by atoms with Gasteiger partial charge in [0, 0.05) is 31.4 Å². The third-order valence-electron chi connectivity index (χ3n) is 5.54. The summed E-state index contributed by atoms with van der Waals surface area (Å²) in [6.45, 7) is 4.08. The zero-order valence-electron chi connectivity index (χ0n) is 14.4. The van der Waals surface area contributed by atoms with E-state index in [1.54, 1.807) is 17.1 Å². The first-order valence-electron chi connectivity index (χ1n) is 9.26. The van der Waals surface area contributed by atoms with E-state index in [0.29, 0.717) is 23.6 Å². The smallest absolute Gasteiger partial charge is 0.257 e. The maximum Gasteiger partial charge on any atom is 0.257 e. The highest BCUT2D eigenvalue weighted by molar-refractivity contribution is 5.94. The molecule has 130 valence electrons. The Bertz CT molecular complexity index is 627. The molecule has 2 heterocycles. The number of amides is 2. The van der Waals surface area contributed by atoms with Crippen molar-refractivity contribution in [3.05, 3.63) is 18.0 Å². The van der Waals surface area contributed by atoms with E-state index >= 15 is 0 Å². The van der Waals surface area contributed by atoms with Crippen LogP contribution >= 0.6 is 0 Å². The van der Waals surface area contributed by atoms with Crippen molar-refractivity contribution < 1.29 is 9.59 Å². The lowest BCUT2D eigenvalue weighted by Gasteiger charge is -2.29. The van der Waals surface area contributed by atoms with Crippen molar-refractivity contribution >= 4 is 11.8 Å². The lowest BCUT2D eigenvalue weighted by molar-refractivity contribution is -0.135. The molecule has 1 saturated heterocycles. The van der Waals surface area contributed by atoms with E-state index in [-0.39, 0.29) is 18.4 Å². The molecule has 6 nitrogen and oxygen atoms in total. The van der Waals surface area contributed by atoms with Gasteiger partial charge in [0.2, 0.25) is 5.91 Å². The van der Waals surface area contributed by atoms with Crippen molar-refractivity contribution in [1.29, 1.82) is 0 Å². The van der Waals surface area contributed by atoms with Crippen LogP contribution in [0.25, 0.3) is 0 Å². The minimum absolute atomic E-state index is 0.0385. The van der Waals surface area contributed by atoms with E-state index in [9.17, 15) is 9.59 Å². The number of hydrogen-bond acceptors (Lipinski definition) is 3. The van der Waals surface area contributed by atoms with Gasteiger partial charge in [0.15, 0.2) is 0 Å². The highest BCUT2D eigenvalue weighted by atomic mass is 16.2. The lowest BCUT2D eigenvalue weighted by atomic mass is 10.1. The number of carbonyl (C=O) groups excluding carboxylic acids is 2. The molecule has 0 radical (unpaired) electrons. The Morgan fingerprint density at radius 3 is 2.58 bits per heavy atom. The molecule has 3 fully saturated rings. The van der Waals surface area contributed by atoms with E-state index in [0.717, 1.165) is 38.8 Å². The average Bonchev–Trinajstić information content (AvgIpc) is 3.48. The van der Waals surface area contributed by atoms with Crippen molar-refractivity contribution in [2.24, 2.45) is 5.92 Å². The Morgan fingerprint density at radius 1 is 1.25 bits per heavy atom. The second kappa shape index (κ2) is 6.22. The van der Waals surface area contributed by atoms with Crippen LogP contribution in [0.5, 0.6) is 0 Å². The van der Waals surface area contributed by atoms with E-state index in [2.05, 4.69) is 16.9 Å². The maximum absolute atomic E-state index is 12.8. The SMILES string of the molecule is C[C@@H](C1CC1)N(C(=O)Cn1cc(C(=O)N2CCCC2)cn1)C1CC1. The summed E-state index contributed by atoms with van der Waals surface area (Å²) in [6.07, 6.45) is 10.2. The van der Waals surface area contributed by atoms with Gasteiger partial charge in [-0.15, -0.1) is 0 Å². The summed E-state index contributed by atoms with van der Waals surface area (Å²) in [6, 6.07) is 0.764. The standard InChI is InChI=1S/C18H26N4O2/c1-13(14-4-5-14)22(16-6-7-16)17(23)12-21-11-15(10-19-21)18(24)20-8-2-3-9-20/h10-11,13-14,16H,2-9,12H2,1H3/t13-/m0/s1. The van der Waals surface area contributed by atoms with Crippen LogP contribution in [-0.2, 0) is 11.3 Å². The Kier molecular flexibility index (Phi) is 4.06. The Morgan fingerprint density at radius 2 is 1.96 bits per heavy atom. The second-order valence-electron chi connectivity index (χ2n) is 7.54. The predicted molar refractivity (Wildman–Crippen MR) is 89.4 cm³/mol. The molecule has 2 aliphatic carbocycles. The summed E-state index contributed by atoms with van der Waals surface area (Å²) in [5, 5.41) is 4.25. The van der Waals surface area contributed by atoms with E-state index in [1.165, 1.54) is 12.8 Å². The normalized spacial score (nSPS) is 21.8. The summed E-state index contributed by atoms with van der Waals surface area (Å²) in [5.74, 6) is 0.858. The number of rotatable bonds is 6. The van der Waals surface area contributed by atoms with E-state index in [4.69, 9.17) is 0 Å². The Balaban J connectivity index is 1.40. The fraction of sp³-hybridized carbons (Fsp3) is 0.722. The summed E-state index contributed by atoms with van der Waals surface area (Å²) >= 11 is 0. The van der Waals surface area contributed by atoms with Crippen LogP contribution in [0.1, 0.15) is 55.8 Å². The van der Waals surface area contributed by atoms with Crippen LogP contribution in [0.3, 0.4) is 0 Å². The van der Waals surface area contributed by atoms with Gasteiger partial charge in [-0.05, 0) is 51.4 Å². The number of aromatic nitrogens is 2. The van der Waals surface area contributed by atoms with Crippen LogP contribution in [0.4, 0.5) is 0 Å². The maximum atomic E-state index is 12.8. The van der Waals surface area contributed by atoms with Gasteiger partial charge in [-0.3, -0.25) is 14.3 Å². The third kappa shape index (κ3) is 3.19. The molecule has 2 amide bonds.